The highest BCUT2D eigenvalue weighted by Gasteiger charge is 2.16. The molecular weight excluding hydrogens is 500 g/mol. The van der Waals surface area contributed by atoms with Gasteiger partial charge in [0.15, 0.2) is 0 Å². The number of rotatable bonds is 29. The molecule has 0 aromatic heterocycles. The van der Waals surface area contributed by atoms with Gasteiger partial charge in [-0.25, -0.2) is 0 Å². The first-order chi connectivity index (χ1) is 19.1. The third-order valence-electron chi connectivity index (χ3n) is 8.17. The van der Waals surface area contributed by atoms with Gasteiger partial charge in [0.1, 0.15) is 26.3 Å². The van der Waals surface area contributed by atoms with Crippen LogP contribution in [0.3, 0.4) is 0 Å². The van der Waals surface area contributed by atoms with Gasteiger partial charge < -0.3 is 18.4 Å². The lowest BCUT2D eigenvalue weighted by Gasteiger charge is -2.29. The van der Waals surface area contributed by atoms with Gasteiger partial charge >= 0.3 is 11.9 Å². The van der Waals surface area contributed by atoms with E-state index in [-0.39, 0.29) is 11.9 Å². The molecule has 0 aliphatic rings. The lowest BCUT2D eigenvalue weighted by molar-refractivity contribution is -0.890. The second-order valence-electron chi connectivity index (χ2n) is 13.4. The van der Waals surface area contributed by atoms with Crippen molar-refractivity contribution in [2.24, 2.45) is 0 Å². The smallest absolute Gasteiger partial charge is 0.305 e. The fourth-order valence-electron chi connectivity index (χ4n) is 5.07. The molecule has 0 N–H and O–H groups in total. The van der Waals surface area contributed by atoms with Crippen LogP contribution in [0.15, 0.2) is 0 Å². The SMILES string of the molecule is CCCCCCCC[N+](C)(C)CCOC(=O)CCCCCCCCC(=O)OCC[N+](C)(C)CCCCCCCC. The van der Waals surface area contributed by atoms with E-state index in [4.69, 9.17) is 9.47 Å². The van der Waals surface area contributed by atoms with Crippen LogP contribution in [-0.4, -0.2) is 88.5 Å². The molecule has 0 atom stereocenters. The Morgan fingerprint density at radius 2 is 0.725 bits per heavy atom. The van der Waals surface area contributed by atoms with Crippen LogP contribution in [0.4, 0.5) is 0 Å². The van der Waals surface area contributed by atoms with Crippen LogP contribution in [0.5, 0.6) is 0 Å². The number of carbonyl (C=O) groups is 2. The van der Waals surface area contributed by atoms with Gasteiger partial charge in [-0.15, -0.1) is 0 Å². The van der Waals surface area contributed by atoms with Crippen molar-refractivity contribution in [3.05, 3.63) is 0 Å². The average molecular weight is 571 g/mol. The summed E-state index contributed by atoms with van der Waals surface area (Å²) in [7, 11) is 8.93. The first kappa shape index (κ1) is 38.9. The van der Waals surface area contributed by atoms with Crippen LogP contribution in [-0.2, 0) is 19.1 Å². The Bertz CT molecular complexity index is 555. The molecule has 0 fully saturated rings. The summed E-state index contributed by atoms with van der Waals surface area (Å²) in [5, 5.41) is 0. The molecule has 0 saturated heterocycles. The number of nitrogens with zero attached hydrogens (tertiary/aromatic N) is 2. The molecule has 0 aliphatic heterocycles. The molecule has 0 radical (unpaired) electrons. The minimum absolute atomic E-state index is 0.0592. The summed E-state index contributed by atoms with van der Waals surface area (Å²) in [5.41, 5.74) is 0. The van der Waals surface area contributed by atoms with Crippen molar-refractivity contribution in [1.82, 2.24) is 0 Å². The van der Waals surface area contributed by atoms with Crippen LogP contribution >= 0.6 is 0 Å². The van der Waals surface area contributed by atoms with Gasteiger partial charge in [-0.1, -0.05) is 90.9 Å². The molecule has 0 heterocycles. The maximum atomic E-state index is 12.1. The molecule has 0 unspecified atom stereocenters. The van der Waals surface area contributed by atoms with Gasteiger partial charge in [-0.05, 0) is 38.5 Å². The van der Waals surface area contributed by atoms with E-state index in [1.165, 1.54) is 77.0 Å². The van der Waals surface area contributed by atoms with E-state index in [0.717, 1.165) is 73.7 Å². The number of ether oxygens (including phenoxy) is 2. The number of likely N-dealkylation sites (N-methyl/N-ethyl adjacent to an activating group) is 2. The average Bonchev–Trinajstić information content (AvgIpc) is 2.89. The predicted molar refractivity (Wildman–Crippen MR) is 169 cm³/mol. The second-order valence-corrected chi connectivity index (χ2v) is 13.4. The van der Waals surface area contributed by atoms with Gasteiger partial charge in [-0.3, -0.25) is 9.59 Å². The van der Waals surface area contributed by atoms with Crippen molar-refractivity contribution in [3.63, 3.8) is 0 Å². The first-order valence-electron chi connectivity index (χ1n) is 17.1. The van der Waals surface area contributed by atoms with E-state index in [9.17, 15) is 9.59 Å². The monoisotopic (exact) mass is 571 g/mol. The fraction of sp³-hybridized carbons (Fsp3) is 0.941. The standard InChI is InChI=1S/C34H70N2O4/c1-7-9-11-13-19-23-27-35(3,4)29-31-39-33(37)25-21-17-15-16-18-22-26-34(38)40-32-30-36(5,6)28-24-20-14-12-10-8-2/h7-32H2,1-6H3/q+2. The molecule has 6 nitrogen and oxygen atoms in total. The van der Waals surface area contributed by atoms with E-state index in [2.05, 4.69) is 42.0 Å². The number of esters is 2. The van der Waals surface area contributed by atoms with E-state index >= 15 is 0 Å². The Hall–Kier alpha value is -1.14. The zero-order chi connectivity index (χ0) is 30.0. The van der Waals surface area contributed by atoms with Crippen LogP contribution in [0, 0.1) is 0 Å². The third kappa shape index (κ3) is 27.1. The summed E-state index contributed by atoms with van der Waals surface area (Å²) in [4.78, 5) is 24.1. The second kappa shape index (κ2) is 25.6. The maximum absolute atomic E-state index is 12.1. The summed E-state index contributed by atoms with van der Waals surface area (Å²) in [5.74, 6) is -0.118. The predicted octanol–water partition coefficient (Wildman–Crippen LogP) is 8.07. The maximum Gasteiger partial charge on any atom is 0.305 e. The normalized spacial score (nSPS) is 12.1. The summed E-state index contributed by atoms with van der Waals surface area (Å²) in [6.07, 6.45) is 22.9. The molecular formula is C34H70N2O4+2. The third-order valence-corrected chi connectivity index (χ3v) is 8.17. The quantitative estimate of drug-likeness (QED) is 0.0518. The lowest BCUT2D eigenvalue weighted by Crippen LogP contribution is -2.43. The molecule has 40 heavy (non-hydrogen) atoms. The highest BCUT2D eigenvalue weighted by molar-refractivity contribution is 5.69. The summed E-state index contributed by atoms with van der Waals surface area (Å²) < 4.78 is 12.8. The minimum atomic E-state index is -0.0592. The molecule has 0 aliphatic carbocycles. The van der Waals surface area contributed by atoms with Gasteiger partial charge in [0.2, 0.25) is 0 Å². The molecule has 0 amide bonds. The highest BCUT2D eigenvalue weighted by atomic mass is 16.5. The Morgan fingerprint density at radius 1 is 0.425 bits per heavy atom. The zero-order valence-electron chi connectivity index (χ0n) is 27.9. The molecule has 0 rings (SSSR count). The fourth-order valence-corrected chi connectivity index (χ4v) is 5.07. The Labute approximate surface area is 249 Å². The van der Waals surface area contributed by atoms with Crippen molar-refractivity contribution >= 4 is 11.9 Å². The van der Waals surface area contributed by atoms with E-state index in [1.54, 1.807) is 0 Å². The highest BCUT2D eigenvalue weighted by Crippen LogP contribution is 2.12. The Kier molecular flexibility index (Phi) is 24.8. The molecule has 0 spiro atoms. The van der Waals surface area contributed by atoms with Crippen molar-refractivity contribution in [2.45, 2.75) is 142 Å². The van der Waals surface area contributed by atoms with Crippen LogP contribution < -0.4 is 0 Å². The van der Waals surface area contributed by atoms with Crippen molar-refractivity contribution < 1.29 is 28.0 Å². The molecule has 0 aromatic carbocycles. The van der Waals surface area contributed by atoms with E-state index in [0.29, 0.717) is 26.1 Å². The number of unbranched alkanes of at least 4 members (excludes halogenated alkanes) is 15. The summed E-state index contributed by atoms with van der Waals surface area (Å²) in [6, 6.07) is 0. The van der Waals surface area contributed by atoms with Crippen LogP contribution in [0.1, 0.15) is 142 Å². The van der Waals surface area contributed by atoms with E-state index < -0.39 is 0 Å². The zero-order valence-corrected chi connectivity index (χ0v) is 27.9. The largest absolute Gasteiger partial charge is 0.460 e. The number of hydrogen-bond acceptors (Lipinski definition) is 4. The van der Waals surface area contributed by atoms with E-state index in [1.807, 2.05) is 0 Å². The van der Waals surface area contributed by atoms with Gasteiger partial charge in [0.25, 0.3) is 0 Å². The van der Waals surface area contributed by atoms with Gasteiger partial charge in [0.05, 0.1) is 41.3 Å². The number of quaternary nitrogens is 2. The molecule has 6 heteroatoms. The van der Waals surface area contributed by atoms with Gasteiger partial charge in [0, 0.05) is 12.8 Å². The number of carbonyl (C=O) groups excluding carboxylic acids is 2. The molecule has 0 bridgehead atoms. The van der Waals surface area contributed by atoms with Crippen molar-refractivity contribution in [2.75, 3.05) is 67.6 Å². The van der Waals surface area contributed by atoms with Crippen LogP contribution in [0.2, 0.25) is 0 Å². The molecule has 0 saturated carbocycles. The summed E-state index contributed by atoms with van der Waals surface area (Å²) >= 11 is 0. The van der Waals surface area contributed by atoms with Crippen LogP contribution in [0.25, 0.3) is 0 Å². The lowest BCUT2D eigenvalue weighted by atomic mass is 10.1. The summed E-state index contributed by atoms with van der Waals surface area (Å²) in [6.45, 7) is 9.63. The minimum Gasteiger partial charge on any atom is -0.460 e. The van der Waals surface area contributed by atoms with Crippen molar-refractivity contribution in [1.29, 1.82) is 0 Å². The van der Waals surface area contributed by atoms with Crippen molar-refractivity contribution in [3.8, 4) is 0 Å². The van der Waals surface area contributed by atoms with Gasteiger partial charge in [-0.2, -0.15) is 0 Å². The topological polar surface area (TPSA) is 52.6 Å². The molecule has 238 valence electrons. The molecule has 0 aromatic rings. The Balaban J connectivity index is 3.60. The number of hydrogen-bond donors (Lipinski definition) is 0. The Morgan fingerprint density at radius 3 is 1.07 bits per heavy atom. The first-order valence-corrected chi connectivity index (χ1v) is 17.1.